The lowest BCUT2D eigenvalue weighted by atomic mass is 10.1. The quantitative estimate of drug-likeness (QED) is 0.658. The van der Waals surface area contributed by atoms with Gasteiger partial charge in [-0.05, 0) is 41.8 Å². The van der Waals surface area contributed by atoms with Crippen LogP contribution in [-0.2, 0) is 27.7 Å². The van der Waals surface area contributed by atoms with Crippen LogP contribution in [0.1, 0.15) is 25.0 Å². The average Bonchev–Trinajstić information content (AvgIpc) is 2.74. The van der Waals surface area contributed by atoms with Crippen molar-refractivity contribution in [2.24, 2.45) is 0 Å². The first-order chi connectivity index (χ1) is 14.4. The number of nitrogens with zero attached hydrogens (tertiary/aromatic N) is 1. The zero-order valence-electron chi connectivity index (χ0n) is 17.4. The van der Waals surface area contributed by atoms with Gasteiger partial charge in [0.25, 0.3) is 0 Å². The summed E-state index contributed by atoms with van der Waals surface area (Å²) >= 11 is 0. The molecule has 1 heterocycles. The molecule has 162 valence electrons. The van der Waals surface area contributed by atoms with E-state index in [-0.39, 0.29) is 17.2 Å². The number of carbonyl (C=O) groups is 1. The third-order valence-corrected chi connectivity index (χ3v) is 7.04. The van der Waals surface area contributed by atoms with E-state index in [0.717, 1.165) is 11.1 Å². The van der Waals surface area contributed by atoms with Gasteiger partial charge in [0.1, 0.15) is 13.2 Å². The molecule has 0 saturated heterocycles. The summed E-state index contributed by atoms with van der Waals surface area (Å²) in [5.41, 5.74) is 1.83. The van der Waals surface area contributed by atoms with Crippen LogP contribution in [0.15, 0.2) is 47.4 Å². The predicted octanol–water partition coefficient (Wildman–Crippen LogP) is 2.39. The number of sulfonamides is 1. The molecule has 0 bridgehead atoms. The minimum absolute atomic E-state index is 0.0765. The molecule has 0 aromatic heterocycles. The van der Waals surface area contributed by atoms with E-state index in [1.54, 1.807) is 24.3 Å². The second kappa shape index (κ2) is 9.95. The van der Waals surface area contributed by atoms with Gasteiger partial charge in [-0.3, -0.25) is 4.79 Å². The largest absolute Gasteiger partial charge is 0.486 e. The first kappa shape index (κ1) is 22.1. The molecule has 3 rings (SSSR count). The molecule has 0 spiro atoms. The van der Waals surface area contributed by atoms with Gasteiger partial charge in [-0.1, -0.05) is 32.0 Å². The van der Waals surface area contributed by atoms with Crippen molar-refractivity contribution in [1.29, 1.82) is 0 Å². The molecule has 1 aliphatic heterocycles. The van der Waals surface area contributed by atoms with Crippen molar-refractivity contribution in [2.75, 3.05) is 32.8 Å². The summed E-state index contributed by atoms with van der Waals surface area (Å²) in [6.07, 6.45) is 0.885. The lowest BCUT2D eigenvalue weighted by molar-refractivity contribution is -0.120. The summed E-state index contributed by atoms with van der Waals surface area (Å²) in [6, 6.07) is 12.4. The molecule has 0 aliphatic carbocycles. The highest BCUT2D eigenvalue weighted by Crippen LogP contribution is 2.30. The number of ether oxygens (including phenoxy) is 2. The van der Waals surface area contributed by atoms with Crippen LogP contribution in [0.3, 0.4) is 0 Å². The van der Waals surface area contributed by atoms with Gasteiger partial charge in [0.15, 0.2) is 11.5 Å². The molecule has 0 atom stereocenters. The molecule has 0 radical (unpaired) electrons. The summed E-state index contributed by atoms with van der Waals surface area (Å²) in [5.74, 6) is 1.30. The van der Waals surface area contributed by atoms with Crippen molar-refractivity contribution in [3.05, 3.63) is 53.6 Å². The van der Waals surface area contributed by atoms with E-state index in [1.165, 1.54) is 4.31 Å². The number of amides is 1. The second-order valence-electron chi connectivity index (χ2n) is 6.99. The number of carbonyl (C=O) groups excluding carboxylic acids is 1. The van der Waals surface area contributed by atoms with Crippen molar-refractivity contribution in [3.63, 3.8) is 0 Å². The van der Waals surface area contributed by atoms with Crippen LogP contribution in [-0.4, -0.2) is 51.5 Å². The molecular formula is C22H28N2O5S. The molecule has 30 heavy (non-hydrogen) atoms. The van der Waals surface area contributed by atoms with Gasteiger partial charge in [-0.25, -0.2) is 8.42 Å². The second-order valence-corrected chi connectivity index (χ2v) is 8.93. The molecule has 2 aromatic carbocycles. The standard InChI is InChI=1S/C22H28N2O5S/c1-3-24(4-2)30(26,27)19-8-5-17(6-9-19)11-12-23-22(25)16-18-7-10-20-21(15-18)29-14-13-28-20/h5-10,15H,3-4,11-14,16H2,1-2H3,(H,23,25). The van der Waals surface area contributed by atoms with Gasteiger partial charge in [-0.2, -0.15) is 4.31 Å². The van der Waals surface area contributed by atoms with Crippen molar-refractivity contribution in [2.45, 2.75) is 31.6 Å². The molecule has 2 aromatic rings. The maximum atomic E-state index is 12.5. The molecule has 1 N–H and O–H groups in total. The lowest BCUT2D eigenvalue weighted by Crippen LogP contribution is -2.30. The molecular weight excluding hydrogens is 404 g/mol. The van der Waals surface area contributed by atoms with Crippen LogP contribution in [0, 0.1) is 0 Å². The number of hydrogen-bond donors (Lipinski definition) is 1. The van der Waals surface area contributed by atoms with Gasteiger partial charge >= 0.3 is 0 Å². The van der Waals surface area contributed by atoms with E-state index in [1.807, 2.05) is 32.0 Å². The number of nitrogens with one attached hydrogen (secondary N) is 1. The van der Waals surface area contributed by atoms with Crippen LogP contribution in [0.5, 0.6) is 11.5 Å². The topological polar surface area (TPSA) is 84.9 Å². The van der Waals surface area contributed by atoms with Crippen molar-refractivity contribution >= 4 is 15.9 Å². The Morgan fingerprint density at radius 2 is 1.60 bits per heavy atom. The first-order valence-corrected chi connectivity index (χ1v) is 11.6. The SMILES string of the molecule is CCN(CC)S(=O)(=O)c1ccc(CCNC(=O)Cc2ccc3c(c2)OCCO3)cc1. The molecule has 1 amide bonds. The molecule has 8 heteroatoms. The summed E-state index contributed by atoms with van der Waals surface area (Å²) < 4.78 is 37.5. The predicted molar refractivity (Wildman–Crippen MR) is 114 cm³/mol. The maximum absolute atomic E-state index is 12.5. The highest BCUT2D eigenvalue weighted by atomic mass is 32.2. The van der Waals surface area contributed by atoms with Gasteiger partial charge < -0.3 is 14.8 Å². The molecule has 0 saturated carbocycles. The number of rotatable bonds is 9. The maximum Gasteiger partial charge on any atom is 0.243 e. The number of hydrogen-bond acceptors (Lipinski definition) is 5. The number of fused-ring (bicyclic) bond motifs is 1. The Labute approximate surface area is 178 Å². The fourth-order valence-electron chi connectivity index (χ4n) is 3.33. The van der Waals surface area contributed by atoms with E-state index in [4.69, 9.17) is 9.47 Å². The first-order valence-electron chi connectivity index (χ1n) is 10.2. The van der Waals surface area contributed by atoms with Crippen LogP contribution in [0.2, 0.25) is 0 Å². The third kappa shape index (κ3) is 5.31. The summed E-state index contributed by atoms with van der Waals surface area (Å²) in [7, 11) is -3.45. The van der Waals surface area contributed by atoms with E-state index in [2.05, 4.69) is 5.32 Å². The molecule has 7 nitrogen and oxygen atoms in total. The lowest BCUT2D eigenvalue weighted by Gasteiger charge is -2.18. The smallest absolute Gasteiger partial charge is 0.243 e. The van der Waals surface area contributed by atoms with Gasteiger partial charge in [0, 0.05) is 19.6 Å². The van der Waals surface area contributed by atoms with Gasteiger partial charge in [-0.15, -0.1) is 0 Å². The van der Waals surface area contributed by atoms with E-state index < -0.39 is 10.0 Å². The summed E-state index contributed by atoms with van der Waals surface area (Å²) in [4.78, 5) is 12.5. The van der Waals surface area contributed by atoms with Crippen LogP contribution < -0.4 is 14.8 Å². The summed E-state index contributed by atoms with van der Waals surface area (Å²) in [6.45, 7) is 6.05. The minimum Gasteiger partial charge on any atom is -0.486 e. The van der Waals surface area contributed by atoms with Crippen molar-refractivity contribution < 1.29 is 22.7 Å². The Kier molecular flexibility index (Phi) is 7.33. The number of benzene rings is 2. The van der Waals surface area contributed by atoms with E-state index in [0.29, 0.717) is 50.8 Å². The summed E-state index contributed by atoms with van der Waals surface area (Å²) in [5, 5.41) is 2.90. The normalized spacial score (nSPS) is 13.3. The molecule has 1 aliphatic rings. The third-order valence-electron chi connectivity index (χ3n) is 4.97. The Hall–Kier alpha value is -2.58. The Bertz CT molecular complexity index is 970. The highest BCUT2D eigenvalue weighted by Gasteiger charge is 2.21. The van der Waals surface area contributed by atoms with Crippen LogP contribution in [0.4, 0.5) is 0 Å². The zero-order chi connectivity index (χ0) is 21.6. The Morgan fingerprint density at radius 3 is 2.27 bits per heavy atom. The zero-order valence-corrected chi connectivity index (χ0v) is 18.2. The van der Waals surface area contributed by atoms with Crippen molar-refractivity contribution in [3.8, 4) is 11.5 Å². The van der Waals surface area contributed by atoms with E-state index >= 15 is 0 Å². The molecule has 0 fully saturated rings. The Balaban J connectivity index is 1.50. The molecule has 0 unspecified atom stereocenters. The Morgan fingerprint density at radius 1 is 0.967 bits per heavy atom. The van der Waals surface area contributed by atoms with Crippen LogP contribution >= 0.6 is 0 Å². The minimum atomic E-state index is -3.45. The van der Waals surface area contributed by atoms with Gasteiger partial charge in [0.05, 0.1) is 11.3 Å². The van der Waals surface area contributed by atoms with Gasteiger partial charge in [0.2, 0.25) is 15.9 Å². The fraction of sp³-hybridized carbons (Fsp3) is 0.409. The van der Waals surface area contributed by atoms with Crippen molar-refractivity contribution in [1.82, 2.24) is 9.62 Å². The highest BCUT2D eigenvalue weighted by molar-refractivity contribution is 7.89. The van der Waals surface area contributed by atoms with Crippen LogP contribution in [0.25, 0.3) is 0 Å². The fourth-order valence-corrected chi connectivity index (χ4v) is 4.79. The average molecular weight is 433 g/mol. The van der Waals surface area contributed by atoms with E-state index in [9.17, 15) is 13.2 Å². The monoisotopic (exact) mass is 432 g/mol.